The van der Waals surface area contributed by atoms with Gasteiger partial charge in [0.25, 0.3) is 0 Å². The van der Waals surface area contributed by atoms with Crippen LogP contribution in [0, 0.1) is 13.8 Å². The van der Waals surface area contributed by atoms with E-state index in [0.717, 1.165) is 11.8 Å². The molecule has 1 heteroatoms. The van der Waals surface area contributed by atoms with Crippen LogP contribution < -0.4 is 0 Å². The molecule has 1 rings (SSSR count). The fourth-order valence-corrected chi connectivity index (χ4v) is 1.82. The largest absolute Gasteiger partial charge is 0.0925 e. The van der Waals surface area contributed by atoms with Crippen LogP contribution in [0.15, 0.2) is 24.3 Å². The Kier molecular flexibility index (Phi) is 4.40. The van der Waals surface area contributed by atoms with Crippen molar-refractivity contribution in [3.8, 4) is 0 Å². The maximum Gasteiger partial charge on any atom is 0.00661 e. The van der Waals surface area contributed by atoms with Gasteiger partial charge in [0.2, 0.25) is 0 Å². The predicted molar refractivity (Wildman–Crippen MR) is 68.0 cm³/mol. The van der Waals surface area contributed by atoms with Crippen LogP contribution in [-0.4, -0.2) is 5.33 Å². The Labute approximate surface area is 95.2 Å². The van der Waals surface area contributed by atoms with E-state index in [1.165, 1.54) is 22.3 Å². The van der Waals surface area contributed by atoms with Crippen molar-refractivity contribution in [3.63, 3.8) is 0 Å². The van der Waals surface area contributed by atoms with Gasteiger partial charge in [0, 0.05) is 5.33 Å². The molecule has 0 aliphatic rings. The quantitative estimate of drug-likeness (QED) is 0.696. The summed E-state index contributed by atoms with van der Waals surface area (Å²) in [5, 5.41) is 1.04. The Bertz CT molecular complexity index is 317. The van der Waals surface area contributed by atoms with Crippen molar-refractivity contribution in [1.29, 1.82) is 0 Å². The van der Waals surface area contributed by atoms with Crippen molar-refractivity contribution < 1.29 is 0 Å². The summed E-state index contributed by atoms with van der Waals surface area (Å²) in [5.74, 6) is 0. The molecule has 0 aliphatic heterocycles. The van der Waals surface area contributed by atoms with Gasteiger partial charge in [-0.1, -0.05) is 51.3 Å². The molecule has 0 atom stereocenters. The third-order valence-corrected chi connectivity index (χ3v) is 2.69. The molecule has 0 heterocycles. The molecule has 0 saturated heterocycles. The van der Waals surface area contributed by atoms with E-state index in [-0.39, 0.29) is 0 Å². The van der Waals surface area contributed by atoms with Gasteiger partial charge in [0.1, 0.15) is 0 Å². The highest BCUT2D eigenvalue weighted by Gasteiger charge is 1.97. The van der Waals surface area contributed by atoms with Crippen molar-refractivity contribution >= 4 is 21.5 Å². The van der Waals surface area contributed by atoms with Gasteiger partial charge in [-0.25, -0.2) is 0 Å². The molecule has 0 aromatic heterocycles. The number of hydrogen-bond donors (Lipinski definition) is 0. The van der Waals surface area contributed by atoms with E-state index in [1.54, 1.807) is 0 Å². The summed E-state index contributed by atoms with van der Waals surface area (Å²) in [4.78, 5) is 0. The molecule has 0 bridgehead atoms. The molecule has 0 nitrogen and oxygen atoms in total. The third-order valence-electron chi connectivity index (χ3n) is 2.24. The van der Waals surface area contributed by atoms with Crippen molar-refractivity contribution in [1.82, 2.24) is 0 Å². The summed E-state index contributed by atoms with van der Waals surface area (Å²) in [6, 6.07) is 6.70. The summed E-state index contributed by atoms with van der Waals surface area (Å²) in [6.07, 6.45) is 3.38. The molecule has 1 aromatic carbocycles. The van der Waals surface area contributed by atoms with Crippen molar-refractivity contribution in [2.75, 3.05) is 5.33 Å². The Balaban J connectivity index is 2.95. The zero-order valence-electron chi connectivity index (χ0n) is 9.10. The molecule has 0 amide bonds. The number of rotatable bonds is 3. The van der Waals surface area contributed by atoms with Gasteiger partial charge in [0.15, 0.2) is 0 Å². The summed E-state index contributed by atoms with van der Waals surface area (Å²) in [5.41, 5.74) is 5.40. The second kappa shape index (κ2) is 5.35. The number of benzene rings is 1. The van der Waals surface area contributed by atoms with Crippen LogP contribution >= 0.6 is 15.9 Å². The van der Waals surface area contributed by atoms with Crippen molar-refractivity contribution in [2.24, 2.45) is 0 Å². The molecule has 0 fully saturated rings. The highest BCUT2D eigenvalue weighted by atomic mass is 79.9. The first-order valence-corrected chi connectivity index (χ1v) is 6.07. The van der Waals surface area contributed by atoms with Crippen LogP contribution in [0.5, 0.6) is 0 Å². The summed E-state index contributed by atoms with van der Waals surface area (Å²) < 4.78 is 0. The monoisotopic (exact) mass is 252 g/mol. The molecule has 0 radical (unpaired) electrons. The van der Waals surface area contributed by atoms with E-state index in [2.05, 4.69) is 61.0 Å². The lowest BCUT2D eigenvalue weighted by Crippen LogP contribution is -1.85. The van der Waals surface area contributed by atoms with Gasteiger partial charge >= 0.3 is 0 Å². The average Bonchev–Trinajstić information content (AvgIpc) is 2.12. The van der Waals surface area contributed by atoms with Crippen LogP contribution in [0.3, 0.4) is 0 Å². The van der Waals surface area contributed by atoms with E-state index in [1.807, 2.05) is 0 Å². The first kappa shape index (κ1) is 11.5. The SMILES string of the molecule is C/C(=C/CCBr)c1cc(C)cc(C)c1. The van der Waals surface area contributed by atoms with Gasteiger partial charge in [0.05, 0.1) is 0 Å². The fraction of sp³-hybridized carbons (Fsp3) is 0.385. The highest BCUT2D eigenvalue weighted by molar-refractivity contribution is 9.09. The zero-order chi connectivity index (χ0) is 10.6. The van der Waals surface area contributed by atoms with Crippen molar-refractivity contribution in [2.45, 2.75) is 27.2 Å². The molecular weight excluding hydrogens is 236 g/mol. The summed E-state index contributed by atoms with van der Waals surface area (Å²) in [6.45, 7) is 6.47. The summed E-state index contributed by atoms with van der Waals surface area (Å²) in [7, 11) is 0. The zero-order valence-corrected chi connectivity index (χ0v) is 10.7. The van der Waals surface area contributed by atoms with Gasteiger partial charge in [-0.15, -0.1) is 0 Å². The average molecular weight is 253 g/mol. The number of halogens is 1. The first-order valence-electron chi connectivity index (χ1n) is 4.95. The standard InChI is InChI=1S/C13H17Br/c1-10-7-11(2)9-13(8-10)12(3)5-4-6-14/h5,7-9H,4,6H2,1-3H3/b12-5-. The van der Waals surface area contributed by atoms with Gasteiger partial charge in [-0.05, 0) is 38.3 Å². The minimum Gasteiger partial charge on any atom is -0.0925 e. The van der Waals surface area contributed by atoms with Crippen LogP contribution in [0.4, 0.5) is 0 Å². The lowest BCUT2D eigenvalue weighted by atomic mass is 10.0. The second-order valence-corrected chi connectivity index (χ2v) is 4.53. The lowest BCUT2D eigenvalue weighted by Gasteiger charge is -2.05. The molecule has 0 N–H and O–H groups in total. The molecule has 1 aromatic rings. The second-order valence-electron chi connectivity index (χ2n) is 3.74. The molecule has 0 saturated carbocycles. The van der Waals surface area contributed by atoms with Crippen LogP contribution in [0.25, 0.3) is 5.57 Å². The molecule has 76 valence electrons. The Morgan fingerprint density at radius 3 is 2.29 bits per heavy atom. The smallest absolute Gasteiger partial charge is 0.00661 e. The molecular formula is C13H17Br. The Morgan fingerprint density at radius 1 is 1.21 bits per heavy atom. The maximum absolute atomic E-state index is 3.43. The molecule has 0 spiro atoms. The highest BCUT2D eigenvalue weighted by Crippen LogP contribution is 2.18. The van der Waals surface area contributed by atoms with Gasteiger partial charge in [-0.3, -0.25) is 0 Å². The van der Waals surface area contributed by atoms with E-state index >= 15 is 0 Å². The number of alkyl halides is 1. The van der Waals surface area contributed by atoms with E-state index in [9.17, 15) is 0 Å². The number of allylic oxidation sites excluding steroid dienone is 2. The van der Waals surface area contributed by atoms with E-state index < -0.39 is 0 Å². The number of aryl methyl sites for hydroxylation is 2. The summed E-state index contributed by atoms with van der Waals surface area (Å²) >= 11 is 3.43. The topological polar surface area (TPSA) is 0 Å². The first-order chi connectivity index (χ1) is 6.63. The van der Waals surface area contributed by atoms with E-state index in [0.29, 0.717) is 0 Å². The van der Waals surface area contributed by atoms with Gasteiger partial charge < -0.3 is 0 Å². The third kappa shape index (κ3) is 3.30. The van der Waals surface area contributed by atoms with Crippen LogP contribution in [0.1, 0.15) is 30.0 Å². The van der Waals surface area contributed by atoms with Crippen molar-refractivity contribution in [3.05, 3.63) is 41.0 Å². The normalized spacial score (nSPS) is 11.9. The Morgan fingerprint density at radius 2 is 1.79 bits per heavy atom. The van der Waals surface area contributed by atoms with Gasteiger partial charge in [-0.2, -0.15) is 0 Å². The number of hydrogen-bond acceptors (Lipinski definition) is 0. The fourth-order valence-electron chi connectivity index (χ4n) is 1.59. The maximum atomic E-state index is 3.43. The Hall–Kier alpha value is -0.560. The molecule has 14 heavy (non-hydrogen) atoms. The van der Waals surface area contributed by atoms with Crippen LogP contribution in [0.2, 0.25) is 0 Å². The minimum atomic E-state index is 1.04. The molecule has 0 aliphatic carbocycles. The predicted octanol–water partition coefficient (Wildman–Crippen LogP) is 4.49. The lowest BCUT2D eigenvalue weighted by molar-refractivity contribution is 1.25. The minimum absolute atomic E-state index is 1.04. The molecule has 0 unspecified atom stereocenters. The van der Waals surface area contributed by atoms with Crippen LogP contribution in [-0.2, 0) is 0 Å². The van der Waals surface area contributed by atoms with E-state index in [4.69, 9.17) is 0 Å².